The first-order valence-electron chi connectivity index (χ1n) is 6.83. The molecule has 1 aromatic heterocycles. The van der Waals surface area contributed by atoms with E-state index in [0.717, 1.165) is 18.8 Å². The predicted molar refractivity (Wildman–Crippen MR) is 89.7 cm³/mol. The van der Waals surface area contributed by atoms with Crippen molar-refractivity contribution in [2.45, 2.75) is 20.3 Å². The Labute approximate surface area is 134 Å². The molecule has 6 heteroatoms. The Morgan fingerprint density at radius 3 is 2.76 bits per heavy atom. The number of anilines is 3. The summed E-state index contributed by atoms with van der Waals surface area (Å²) in [5.74, 6) is 1.92. The van der Waals surface area contributed by atoms with Gasteiger partial charge in [0, 0.05) is 17.8 Å². The topological polar surface area (TPSA) is 49.8 Å². The highest BCUT2D eigenvalue weighted by atomic mass is 35.5. The Balaban J connectivity index is 2.05. The zero-order valence-corrected chi connectivity index (χ0v) is 13.5. The van der Waals surface area contributed by atoms with Gasteiger partial charge >= 0.3 is 0 Å². The number of benzene rings is 1. The van der Waals surface area contributed by atoms with Crippen molar-refractivity contribution < 1.29 is 0 Å². The van der Waals surface area contributed by atoms with Gasteiger partial charge in [-0.2, -0.15) is 4.98 Å². The number of rotatable bonds is 6. The molecule has 0 fully saturated rings. The summed E-state index contributed by atoms with van der Waals surface area (Å²) in [5, 5.41) is 7.53. The minimum absolute atomic E-state index is 0.480. The van der Waals surface area contributed by atoms with Crippen LogP contribution in [-0.4, -0.2) is 16.5 Å². The third kappa shape index (κ3) is 5.06. The maximum Gasteiger partial charge on any atom is 0.229 e. The SMILES string of the molecule is CC(C)CCNc1ccnc(Nc2cc(Cl)ccc2Cl)n1. The summed E-state index contributed by atoms with van der Waals surface area (Å²) >= 11 is 12.1. The fourth-order valence-electron chi connectivity index (χ4n) is 1.72. The Morgan fingerprint density at radius 2 is 2.00 bits per heavy atom. The van der Waals surface area contributed by atoms with E-state index in [1.54, 1.807) is 24.4 Å². The average molecular weight is 325 g/mol. The second-order valence-corrected chi connectivity index (χ2v) is 5.97. The highest BCUT2D eigenvalue weighted by Gasteiger charge is 2.05. The summed E-state index contributed by atoms with van der Waals surface area (Å²) < 4.78 is 0. The van der Waals surface area contributed by atoms with Crippen molar-refractivity contribution in [3.63, 3.8) is 0 Å². The highest BCUT2D eigenvalue weighted by Crippen LogP contribution is 2.27. The molecule has 0 saturated carbocycles. The molecule has 0 aliphatic carbocycles. The van der Waals surface area contributed by atoms with Crippen LogP contribution in [0.25, 0.3) is 0 Å². The molecule has 4 nitrogen and oxygen atoms in total. The van der Waals surface area contributed by atoms with Gasteiger partial charge in [0.05, 0.1) is 10.7 Å². The van der Waals surface area contributed by atoms with Gasteiger partial charge in [0.2, 0.25) is 5.95 Å². The molecule has 0 unspecified atom stereocenters. The first-order chi connectivity index (χ1) is 10.0. The molecule has 112 valence electrons. The predicted octanol–water partition coefficient (Wildman–Crippen LogP) is 4.99. The lowest BCUT2D eigenvalue weighted by atomic mass is 10.1. The lowest BCUT2D eigenvalue weighted by Gasteiger charge is -2.10. The Hall–Kier alpha value is -1.52. The quantitative estimate of drug-likeness (QED) is 0.786. The van der Waals surface area contributed by atoms with E-state index in [4.69, 9.17) is 23.2 Å². The number of nitrogens with zero attached hydrogens (tertiary/aromatic N) is 2. The number of hydrogen-bond acceptors (Lipinski definition) is 4. The summed E-state index contributed by atoms with van der Waals surface area (Å²) in [6, 6.07) is 7.05. The second kappa shape index (κ2) is 7.48. The molecule has 0 spiro atoms. The molecule has 0 saturated heterocycles. The molecule has 1 heterocycles. The van der Waals surface area contributed by atoms with Gasteiger partial charge in [0.1, 0.15) is 5.82 Å². The summed E-state index contributed by atoms with van der Waals surface area (Å²) in [6.07, 6.45) is 2.79. The molecular weight excluding hydrogens is 307 g/mol. The van der Waals surface area contributed by atoms with Crippen LogP contribution in [0.2, 0.25) is 10.0 Å². The van der Waals surface area contributed by atoms with Crippen molar-refractivity contribution in [1.29, 1.82) is 0 Å². The molecule has 0 atom stereocenters. The number of nitrogens with one attached hydrogen (secondary N) is 2. The van der Waals surface area contributed by atoms with E-state index in [9.17, 15) is 0 Å². The molecule has 1 aromatic carbocycles. The van der Waals surface area contributed by atoms with Gasteiger partial charge in [-0.05, 0) is 36.6 Å². The molecule has 0 bridgehead atoms. The highest BCUT2D eigenvalue weighted by molar-refractivity contribution is 6.35. The van der Waals surface area contributed by atoms with Gasteiger partial charge in [0.25, 0.3) is 0 Å². The van der Waals surface area contributed by atoms with Crippen molar-refractivity contribution in [2.24, 2.45) is 5.92 Å². The van der Waals surface area contributed by atoms with Gasteiger partial charge in [0.15, 0.2) is 0 Å². The van der Waals surface area contributed by atoms with Gasteiger partial charge in [-0.1, -0.05) is 37.0 Å². The molecule has 0 amide bonds. The summed E-state index contributed by atoms with van der Waals surface area (Å²) in [7, 11) is 0. The van der Waals surface area contributed by atoms with Crippen LogP contribution < -0.4 is 10.6 Å². The zero-order chi connectivity index (χ0) is 15.2. The molecule has 2 aromatic rings. The van der Waals surface area contributed by atoms with Crippen LogP contribution >= 0.6 is 23.2 Å². The van der Waals surface area contributed by atoms with Crippen LogP contribution in [0, 0.1) is 5.92 Å². The first kappa shape index (κ1) is 15.9. The monoisotopic (exact) mass is 324 g/mol. The summed E-state index contributed by atoms with van der Waals surface area (Å²) in [4.78, 5) is 8.59. The van der Waals surface area contributed by atoms with E-state index in [0.29, 0.717) is 27.6 Å². The van der Waals surface area contributed by atoms with E-state index < -0.39 is 0 Å². The van der Waals surface area contributed by atoms with E-state index >= 15 is 0 Å². The average Bonchev–Trinajstić information content (AvgIpc) is 2.43. The fraction of sp³-hybridized carbons (Fsp3) is 0.333. The standard InChI is InChI=1S/C15H18Cl2N4/c1-10(2)5-7-18-14-6-8-19-15(21-14)20-13-9-11(16)3-4-12(13)17/h3-4,6,8-10H,5,7H2,1-2H3,(H2,18,19,20,21). The fourth-order valence-corrected chi connectivity index (χ4v) is 2.06. The minimum atomic E-state index is 0.480. The van der Waals surface area contributed by atoms with Crippen molar-refractivity contribution in [3.05, 3.63) is 40.5 Å². The second-order valence-electron chi connectivity index (χ2n) is 5.12. The van der Waals surface area contributed by atoms with Crippen LogP contribution in [0.1, 0.15) is 20.3 Å². The maximum atomic E-state index is 6.11. The zero-order valence-electron chi connectivity index (χ0n) is 12.0. The minimum Gasteiger partial charge on any atom is -0.370 e. The molecule has 0 aliphatic rings. The van der Waals surface area contributed by atoms with Crippen LogP contribution in [0.5, 0.6) is 0 Å². The van der Waals surface area contributed by atoms with Crippen LogP contribution in [-0.2, 0) is 0 Å². The number of halogens is 2. The van der Waals surface area contributed by atoms with E-state index in [2.05, 4.69) is 34.4 Å². The van der Waals surface area contributed by atoms with Crippen molar-refractivity contribution in [1.82, 2.24) is 9.97 Å². The molecule has 0 aliphatic heterocycles. The van der Waals surface area contributed by atoms with Crippen LogP contribution in [0.15, 0.2) is 30.5 Å². The van der Waals surface area contributed by atoms with E-state index in [-0.39, 0.29) is 0 Å². The Morgan fingerprint density at radius 1 is 1.19 bits per heavy atom. The number of hydrogen-bond donors (Lipinski definition) is 2. The third-order valence-corrected chi connectivity index (χ3v) is 3.42. The van der Waals surface area contributed by atoms with Crippen LogP contribution in [0.4, 0.5) is 17.5 Å². The van der Waals surface area contributed by atoms with Crippen LogP contribution in [0.3, 0.4) is 0 Å². The summed E-state index contributed by atoms with van der Waals surface area (Å²) in [6.45, 7) is 5.26. The van der Waals surface area contributed by atoms with Gasteiger partial charge < -0.3 is 10.6 Å². The van der Waals surface area contributed by atoms with E-state index in [1.807, 2.05) is 6.07 Å². The Kier molecular flexibility index (Phi) is 5.65. The molecule has 2 N–H and O–H groups in total. The van der Waals surface area contributed by atoms with Crippen molar-refractivity contribution in [2.75, 3.05) is 17.2 Å². The normalized spacial score (nSPS) is 10.7. The smallest absolute Gasteiger partial charge is 0.229 e. The third-order valence-electron chi connectivity index (χ3n) is 2.86. The van der Waals surface area contributed by atoms with Crippen molar-refractivity contribution >= 4 is 40.7 Å². The molecule has 21 heavy (non-hydrogen) atoms. The van der Waals surface area contributed by atoms with Crippen molar-refractivity contribution in [3.8, 4) is 0 Å². The van der Waals surface area contributed by atoms with E-state index in [1.165, 1.54) is 0 Å². The first-order valence-corrected chi connectivity index (χ1v) is 7.59. The summed E-state index contributed by atoms with van der Waals surface area (Å²) in [5.41, 5.74) is 0.684. The number of aromatic nitrogens is 2. The largest absolute Gasteiger partial charge is 0.370 e. The van der Waals surface area contributed by atoms with Gasteiger partial charge in [-0.15, -0.1) is 0 Å². The van der Waals surface area contributed by atoms with Gasteiger partial charge in [-0.3, -0.25) is 0 Å². The Bertz CT molecular complexity index is 602. The molecule has 0 radical (unpaired) electrons. The van der Waals surface area contributed by atoms with Gasteiger partial charge in [-0.25, -0.2) is 4.98 Å². The lowest BCUT2D eigenvalue weighted by molar-refractivity contribution is 0.606. The lowest BCUT2D eigenvalue weighted by Crippen LogP contribution is -2.07. The molecular formula is C15H18Cl2N4. The molecule has 2 rings (SSSR count). The maximum absolute atomic E-state index is 6.11.